The van der Waals surface area contributed by atoms with E-state index >= 15 is 0 Å². The third-order valence-electron chi connectivity index (χ3n) is 0.573. The molecule has 0 aromatic rings. The number of nitrogens with one attached hydrogen (secondary N) is 1. The lowest BCUT2D eigenvalue weighted by Crippen LogP contribution is -2.17. The molecule has 0 fully saturated rings. The molecular formula is C6H7NO. The summed E-state index contributed by atoms with van der Waals surface area (Å²) in [5.41, 5.74) is 0.419. The summed E-state index contributed by atoms with van der Waals surface area (Å²) in [6.45, 7) is 4.96. The van der Waals surface area contributed by atoms with Crippen LogP contribution in [0.3, 0.4) is 0 Å². The van der Waals surface area contributed by atoms with E-state index in [1.165, 1.54) is 0 Å². The van der Waals surface area contributed by atoms with Gasteiger partial charge in [-0.2, -0.15) is 0 Å². The summed E-state index contributed by atoms with van der Waals surface area (Å²) in [6, 6.07) is 1.99. The molecule has 0 aliphatic rings. The van der Waals surface area contributed by atoms with Gasteiger partial charge >= 0.3 is 0 Å². The largest absolute Gasteiger partial charge is 0.281 e. The molecular weight excluding hydrogens is 102 g/mol. The quantitative estimate of drug-likeness (QED) is 0.292. The Morgan fingerprint density at radius 3 is 2.50 bits per heavy atom. The lowest BCUT2D eigenvalue weighted by molar-refractivity contribution is -0.116. The molecule has 0 aromatic heterocycles. The Balaban J connectivity index is 3.71. The molecule has 0 radical (unpaired) electrons. The van der Waals surface area contributed by atoms with Crippen LogP contribution in [0.15, 0.2) is 12.2 Å². The molecule has 2 heteroatoms. The first-order valence-electron chi connectivity index (χ1n) is 2.10. The van der Waals surface area contributed by atoms with Gasteiger partial charge in [0.1, 0.15) is 0 Å². The molecule has 0 aliphatic heterocycles. The molecule has 2 nitrogen and oxygen atoms in total. The van der Waals surface area contributed by atoms with Gasteiger partial charge in [-0.3, -0.25) is 10.1 Å². The van der Waals surface area contributed by atoms with Crippen LogP contribution in [0.1, 0.15) is 6.92 Å². The van der Waals surface area contributed by atoms with Gasteiger partial charge in [-0.1, -0.05) is 13.0 Å². The van der Waals surface area contributed by atoms with Crippen molar-refractivity contribution in [3.8, 4) is 12.5 Å². The van der Waals surface area contributed by atoms with Crippen molar-refractivity contribution in [2.75, 3.05) is 0 Å². The minimum Gasteiger partial charge on any atom is -0.281 e. The Morgan fingerprint density at radius 2 is 2.38 bits per heavy atom. The molecule has 42 valence electrons. The number of rotatable bonds is 1. The van der Waals surface area contributed by atoms with E-state index in [0.717, 1.165) is 0 Å². The van der Waals surface area contributed by atoms with Gasteiger partial charge in [0.25, 0.3) is 5.91 Å². The fourth-order valence-corrected chi connectivity index (χ4v) is 0.172. The monoisotopic (exact) mass is 109 g/mol. The van der Waals surface area contributed by atoms with Crippen LogP contribution < -0.4 is 5.32 Å². The molecule has 0 aromatic carbocycles. The van der Waals surface area contributed by atoms with Gasteiger partial charge in [-0.25, -0.2) is 0 Å². The summed E-state index contributed by atoms with van der Waals surface area (Å²) in [4.78, 5) is 10.4. The second-order valence-corrected chi connectivity index (χ2v) is 1.38. The van der Waals surface area contributed by atoms with Crippen molar-refractivity contribution >= 4 is 5.91 Å². The molecule has 1 N–H and O–H groups in total. The lowest BCUT2D eigenvalue weighted by atomic mass is 10.3. The first-order valence-corrected chi connectivity index (χ1v) is 2.10. The normalized spacial score (nSPS) is 7.00. The molecule has 0 spiro atoms. The average molecular weight is 109 g/mol. The van der Waals surface area contributed by atoms with Gasteiger partial charge in [0.15, 0.2) is 0 Å². The summed E-state index contributed by atoms with van der Waals surface area (Å²) in [7, 11) is 0. The third-order valence-corrected chi connectivity index (χ3v) is 0.573. The highest BCUT2D eigenvalue weighted by molar-refractivity contribution is 5.93. The zero-order valence-electron chi connectivity index (χ0n) is 4.69. The summed E-state index contributed by atoms with van der Waals surface area (Å²) in [5, 5.41) is 2.13. The van der Waals surface area contributed by atoms with Gasteiger partial charge in [0.05, 0.1) is 0 Å². The second kappa shape index (κ2) is 2.86. The Hall–Kier alpha value is -1.23. The summed E-state index contributed by atoms with van der Waals surface area (Å²) < 4.78 is 0. The first-order chi connectivity index (χ1) is 3.68. The molecule has 0 rings (SSSR count). The Bertz CT molecular complexity index is 152. The second-order valence-electron chi connectivity index (χ2n) is 1.38. The first kappa shape index (κ1) is 6.77. The minimum atomic E-state index is -0.299. The highest BCUT2D eigenvalue weighted by atomic mass is 16.1. The summed E-state index contributed by atoms with van der Waals surface area (Å²) in [6.07, 6.45) is 4.74. The van der Waals surface area contributed by atoms with Crippen LogP contribution in [0.25, 0.3) is 0 Å². The molecule has 0 atom stereocenters. The molecule has 0 unspecified atom stereocenters. The fraction of sp³-hybridized carbons (Fsp3) is 0.167. The van der Waals surface area contributed by atoms with E-state index in [4.69, 9.17) is 6.42 Å². The maximum Gasteiger partial charge on any atom is 0.257 e. The zero-order valence-corrected chi connectivity index (χ0v) is 4.69. The van der Waals surface area contributed by atoms with Crippen LogP contribution in [-0.2, 0) is 4.79 Å². The lowest BCUT2D eigenvalue weighted by Gasteiger charge is -1.91. The molecule has 8 heavy (non-hydrogen) atoms. The van der Waals surface area contributed by atoms with E-state index in [-0.39, 0.29) is 5.91 Å². The van der Waals surface area contributed by atoms with E-state index in [2.05, 4.69) is 11.9 Å². The van der Waals surface area contributed by atoms with Crippen LogP contribution in [0, 0.1) is 12.5 Å². The van der Waals surface area contributed by atoms with Gasteiger partial charge < -0.3 is 0 Å². The SMILES string of the molecule is C#CNC(=O)C(=C)C. The average Bonchev–Trinajstić information content (AvgIpc) is 1.67. The fourth-order valence-electron chi connectivity index (χ4n) is 0.172. The van der Waals surface area contributed by atoms with E-state index in [1.807, 2.05) is 6.04 Å². The zero-order chi connectivity index (χ0) is 6.57. The number of carbonyl (C=O) groups is 1. The minimum absolute atomic E-state index is 0.299. The highest BCUT2D eigenvalue weighted by Crippen LogP contribution is 1.82. The number of terminal acetylenes is 1. The summed E-state index contributed by atoms with van der Waals surface area (Å²) in [5.74, 6) is -0.299. The maximum absolute atomic E-state index is 10.4. The highest BCUT2D eigenvalue weighted by Gasteiger charge is 1.94. The maximum atomic E-state index is 10.4. The molecule has 0 saturated heterocycles. The number of hydrogen-bond donors (Lipinski definition) is 1. The van der Waals surface area contributed by atoms with Crippen molar-refractivity contribution < 1.29 is 4.79 Å². The molecule has 0 saturated carbocycles. The third kappa shape index (κ3) is 2.04. The molecule has 1 amide bonds. The van der Waals surface area contributed by atoms with Gasteiger partial charge in [0.2, 0.25) is 0 Å². The van der Waals surface area contributed by atoms with E-state index < -0.39 is 0 Å². The van der Waals surface area contributed by atoms with Crippen LogP contribution in [0.4, 0.5) is 0 Å². The van der Waals surface area contributed by atoms with Crippen molar-refractivity contribution in [3.05, 3.63) is 12.2 Å². The Morgan fingerprint density at radius 1 is 1.88 bits per heavy atom. The van der Waals surface area contributed by atoms with Crippen molar-refractivity contribution in [2.24, 2.45) is 0 Å². The van der Waals surface area contributed by atoms with Gasteiger partial charge in [-0.15, -0.1) is 0 Å². The van der Waals surface area contributed by atoms with Crippen LogP contribution in [0.2, 0.25) is 0 Å². The van der Waals surface area contributed by atoms with Crippen molar-refractivity contribution in [1.82, 2.24) is 5.32 Å². The predicted octanol–water partition coefficient (Wildman–Crippen LogP) is 0.269. The molecule has 0 aliphatic carbocycles. The van der Waals surface area contributed by atoms with E-state index in [1.54, 1.807) is 6.92 Å². The summed E-state index contributed by atoms with van der Waals surface area (Å²) >= 11 is 0. The van der Waals surface area contributed by atoms with Gasteiger partial charge in [-0.05, 0) is 6.92 Å². The van der Waals surface area contributed by atoms with Crippen molar-refractivity contribution in [3.63, 3.8) is 0 Å². The van der Waals surface area contributed by atoms with Crippen LogP contribution >= 0.6 is 0 Å². The Labute approximate surface area is 48.6 Å². The van der Waals surface area contributed by atoms with Crippen LogP contribution in [0.5, 0.6) is 0 Å². The number of amides is 1. The standard InChI is InChI=1S/C6H7NO/c1-4-7-6(8)5(2)3/h1H,2H2,3H3,(H,7,8). The van der Waals surface area contributed by atoms with Crippen molar-refractivity contribution in [2.45, 2.75) is 6.92 Å². The number of hydrogen-bond acceptors (Lipinski definition) is 1. The Kier molecular flexibility index (Phi) is 2.42. The number of carbonyl (C=O) groups excluding carboxylic acids is 1. The topological polar surface area (TPSA) is 29.1 Å². The van der Waals surface area contributed by atoms with Gasteiger partial charge in [0, 0.05) is 11.6 Å². The van der Waals surface area contributed by atoms with E-state index in [9.17, 15) is 4.79 Å². The van der Waals surface area contributed by atoms with Crippen molar-refractivity contribution in [1.29, 1.82) is 0 Å². The van der Waals surface area contributed by atoms with Crippen LogP contribution in [-0.4, -0.2) is 5.91 Å². The molecule has 0 bridgehead atoms. The predicted molar refractivity (Wildman–Crippen MR) is 31.8 cm³/mol. The molecule has 0 heterocycles. The smallest absolute Gasteiger partial charge is 0.257 e. The van der Waals surface area contributed by atoms with E-state index in [0.29, 0.717) is 5.57 Å².